The number of rotatable bonds is 4. The zero-order chi connectivity index (χ0) is 13.1. The maximum absolute atomic E-state index is 11.5. The second-order valence-electron chi connectivity index (χ2n) is 3.41. The number of amides is 1. The molecule has 4 N–H and O–H groups in total. The van der Waals surface area contributed by atoms with Gasteiger partial charge in [0.25, 0.3) is 5.91 Å². The van der Waals surface area contributed by atoms with E-state index >= 15 is 0 Å². The molecule has 0 saturated carbocycles. The van der Waals surface area contributed by atoms with Gasteiger partial charge in [0, 0.05) is 12.8 Å². The number of hydrogen-bond acceptors (Lipinski definition) is 6. The third-order valence-corrected chi connectivity index (χ3v) is 4.31. The smallest absolute Gasteiger partial charge is 0.289 e. The van der Waals surface area contributed by atoms with Crippen LogP contribution in [0.3, 0.4) is 0 Å². The van der Waals surface area contributed by atoms with Crippen LogP contribution < -0.4 is 17.0 Å². The molecule has 7 nitrogen and oxygen atoms in total. The molecule has 1 amide bonds. The van der Waals surface area contributed by atoms with Crippen LogP contribution in [0.25, 0.3) is 0 Å². The lowest BCUT2D eigenvalue weighted by atomic mass is 10.3. The van der Waals surface area contributed by atoms with E-state index in [4.69, 9.17) is 5.84 Å². The molecule has 0 saturated heterocycles. The van der Waals surface area contributed by atoms with Gasteiger partial charge in [0.1, 0.15) is 0 Å². The number of hydrogen-bond donors (Lipinski definition) is 3. The van der Waals surface area contributed by atoms with Gasteiger partial charge < -0.3 is 0 Å². The molecule has 0 bridgehead atoms. The van der Waals surface area contributed by atoms with Crippen LogP contribution in [-0.2, 0) is 12.8 Å². The van der Waals surface area contributed by atoms with Crippen LogP contribution in [0.4, 0.5) is 0 Å². The van der Waals surface area contributed by atoms with Gasteiger partial charge in [-0.25, -0.2) is 15.7 Å². The molecule has 18 heavy (non-hydrogen) atoms. The third-order valence-electron chi connectivity index (χ3n) is 2.28. The lowest BCUT2D eigenvalue weighted by Gasteiger charge is -2.02. The summed E-state index contributed by atoms with van der Waals surface area (Å²) in [4.78, 5) is 23.2. The summed E-state index contributed by atoms with van der Waals surface area (Å²) in [5, 5.41) is 8.63. The van der Waals surface area contributed by atoms with Gasteiger partial charge in [-0.2, -0.15) is 0 Å². The van der Waals surface area contributed by atoms with Crippen molar-refractivity contribution in [1.82, 2.24) is 20.2 Å². The number of carbonyl (C=O) groups is 1. The summed E-state index contributed by atoms with van der Waals surface area (Å²) in [6, 6.07) is 1.85. The van der Waals surface area contributed by atoms with Crippen LogP contribution in [0.2, 0.25) is 0 Å². The SMILES string of the molecule is Cn1c(SCc2ccsc2C(=O)NN)n[nH]c1=O. The molecule has 0 aliphatic rings. The van der Waals surface area contributed by atoms with E-state index in [-0.39, 0.29) is 11.6 Å². The van der Waals surface area contributed by atoms with Gasteiger partial charge in [-0.3, -0.25) is 14.8 Å². The Morgan fingerprint density at radius 3 is 3.11 bits per heavy atom. The van der Waals surface area contributed by atoms with Gasteiger partial charge in [-0.1, -0.05) is 11.8 Å². The first-order chi connectivity index (χ1) is 8.63. The van der Waals surface area contributed by atoms with E-state index in [1.54, 1.807) is 7.05 Å². The molecule has 0 aromatic carbocycles. The average molecular weight is 285 g/mol. The fourth-order valence-corrected chi connectivity index (χ4v) is 3.15. The Labute approximate surface area is 110 Å². The van der Waals surface area contributed by atoms with Crippen LogP contribution in [0.15, 0.2) is 21.4 Å². The zero-order valence-electron chi connectivity index (χ0n) is 9.47. The van der Waals surface area contributed by atoms with Gasteiger partial charge in [0.2, 0.25) is 0 Å². The number of aromatic nitrogens is 3. The van der Waals surface area contributed by atoms with Crippen LogP contribution in [-0.4, -0.2) is 20.7 Å². The fraction of sp³-hybridized carbons (Fsp3) is 0.222. The Morgan fingerprint density at radius 2 is 2.50 bits per heavy atom. The first-order valence-electron chi connectivity index (χ1n) is 4.95. The summed E-state index contributed by atoms with van der Waals surface area (Å²) in [5.41, 5.74) is 2.71. The normalized spacial score (nSPS) is 10.6. The van der Waals surface area contributed by atoms with Crippen LogP contribution in [0.1, 0.15) is 15.2 Å². The van der Waals surface area contributed by atoms with Gasteiger partial charge in [-0.15, -0.1) is 16.4 Å². The van der Waals surface area contributed by atoms with E-state index in [0.717, 1.165) is 5.56 Å². The minimum absolute atomic E-state index is 0.261. The molecule has 0 fully saturated rings. The van der Waals surface area contributed by atoms with E-state index in [1.165, 1.54) is 27.7 Å². The summed E-state index contributed by atoms with van der Waals surface area (Å²) in [7, 11) is 1.63. The van der Waals surface area contributed by atoms with E-state index in [9.17, 15) is 9.59 Å². The molecule has 0 aliphatic heterocycles. The van der Waals surface area contributed by atoms with Crippen molar-refractivity contribution >= 4 is 29.0 Å². The number of aromatic amines is 1. The van der Waals surface area contributed by atoms with Crippen LogP contribution in [0.5, 0.6) is 0 Å². The maximum Gasteiger partial charge on any atom is 0.343 e. The molecule has 0 aliphatic carbocycles. The second-order valence-corrected chi connectivity index (χ2v) is 5.27. The molecule has 0 atom stereocenters. The van der Waals surface area contributed by atoms with Crippen molar-refractivity contribution < 1.29 is 4.79 Å². The Morgan fingerprint density at radius 1 is 1.72 bits per heavy atom. The first-order valence-corrected chi connectivity index (χ1v) is 6.81. The predicted octanol–water partition coefficient (Wildman–Crippen LogP) is 0.0657. The number of H-pyrrole nitrogens is 1. The van der Waals surface area contributed by atoms with Crippen molar-refractivity contribution in [2.75, 3.05) is 0 Å². The van der Waals surface area contributed by atoms with Crippen LogP contribution >= 0.6 is 23.1 Å². The molecule has 2 heterocycles. The van der Waals surface area contributed by atoms with Crippen molar-refractivity contribution in [3.05, 3.63) is 32.4 Å². The Kier molecular flexibility index (Phi) is 3.84. The number of nitrogens with two attached hydrogens (primary N) is 1. The number of nitrogen functional groups attached to an aromatic ring is 1. The number of thiophene rings is 1. The zero-order valence-corrected chi connectivity index (χ0v) is 11.1. The lowest BCUT2D eigenvalue weighted by molar-refractivity contribution is 0.0957. The summed E-state index contributed by atoms with van der Waals surface area (Å²) in [5.74, 6) is 5.34. The van der Waals surface area contributed by atoms with Crippen molar-refractivity contribution in [1.29, 1.82) is 0 Å². The molecule has 0 unspecified atom stereocenters. The molecular weight excluding hydrogens is 274 g/mol. The Balaban J connectivity index is 2.11. The van der Waals surface area contributed by atoms with Gasteiger partial charge in [0.15, 0.2) is 5.16 Å². The number of nitrogens with one attached hydrogen (secondary N) is 2. The molecule has 0 radical (unpaired) electrons. The predicted molar refractivity (Wildman–Crippen MR) is 69.4 cm³/mol. The highest BCUT2D eigenvalue weighted by Gasteiger charge is 2.13. The fourth-order valence-electron chi connectivity index (χ4n) is 1.32. The summed E-state index contributed by atoms with van der Waals surface area (Å²) < 4.78 is 1.42. The van der Waals surface area contributed by atoms with Crippen molar-refractivity contribution in [2.45, 2.75) is 10.9 Å². The monoisotopic (exact) mass is 285 g/mol. The van der Waals surface area contributed by atoms with Crippen molar-refractivity contribution in [3.63, 3.8) is 0 Å². The maximum atomic E-state index is 11.5. The molecule has 2 aromatic rings. The number of carbonyl (C=O) groups excluding carboxylic acids is 1. The largest absolute Gasteiger partial charge is 0.343 e. The van der Waals surface area contributed by atoms with Gasteiger partial charge in [-0.05, 0) is 17.0 Å². The minimum Gasteiger partial charge on any atom is -0.289 e. The standard InChI is InChI=1S/C9H11N5O2S2/c1-14-8(16)12-13-9(14)18-4-5-2-3-17-6(5)7(15)11-10/h2-3H,4,10H2,1H3,(H,11,15)(H,12,16). The van der Waals surface area contributed by atoms with E-state index < -0.39 is 0 Å². The minimum atomic E-state index is -0.309. The average Bonchev–Trinajstić information content (AvgIpc) is 2.95. The quantitative estimate of drug-likeness (QED) is 0.319. The molecule has 0 spiro atoms. The number of thioether (sulfide) groups is 1. The molecule has 2 rings (SSSR count). The number of nitrogens with zero attached hydrogens (tertiary/aromatic N) is 2. The summed E-state index contributed by atoms with van der Waals surface area (Å²) in [6.45, 7) is 0. The highest BCUT2D eigenvalue weighted by Crippen LogP contribution is 2.24. The Hall–Kier alpha value is -1.58. The summed E-state index contributed by atoms with van der Waals surface area (Å²) >= 11 is 2.70. The van der Waals surface area contributed by atoms with E-state index in [1.807, 2.05) is 11.4 Å². The molecule has 96 valence electrons. The Bertz CT molecular complexity index is 615. The topological polar surface area (TPSA) is 106 Å². The molecular formula is C9H11N5O2S2. The number of hydrazine groups is 1. The van der Waals surface area contributed by atoms with Gasteiger partial charge >= 0.3 is 5.69 Å². The molecule has 2 aromatic heterocycles. The van der Waals surface area contributed by atoms with Gasteiger partial charge in [0.05, 0.1) is 4.88 Å². The van der Waals surface area contributed by atoms with Crippen molar-refractivity contribution in [3.8, 4) is 0 Å². The molecule has 9 heteroatoms. The van der Waals surface area contributed by atoms with Crippen molar-refractivity contribution in [2.24, 2.45) is 12.9 Å². The first kappa shape index (κ1) is 12.9. The van der Waals surface area contributed by atoms with Crippen LogP contribution in [0, 0.1) is 0 Å². The highest BCUT2D eigenvalue weighted by molar-refractivity contribution is 7.98. The summed E-state index contributed by atoms with van der Waals surface area (Å²) in [6.07, 6.45) is 0. The highest BCUT2D eigenvalue weighted by atomic mass is 32.2. The van der Waals surface area contributed by atoms with E-state index in [0.29, 0.717) is 15.8 Å². The second kappa shape index (κ2) is 5.38. The third kappa shape index (κ3) is 2.47. The van der Waals surface area contributed by atoms with E-state index in [2.05, 4.69) is 15.6 Å². The lowest BCUT2D eigenvalue weighted by Crippen LogP contribution is -2.29.